The predicted molar refractivity (Wildman–Crippen MR) is 146 cm³/mol. The van der Waals surface area contributed by atoms with Crippen molar-refractivity contribution >= 4 is 57.8 Å². The summed E-state index contributed by atoms with van der Waals surface area (Å²) in [5, 5.41) is 16.8. The first kappa shape index (κ1) is 25.9. The summed E-state index contributed by atoms with van der Waals surface area (Å²) in [5.41, 5.74) is 7.53. The van der Waals surface area contributed by atoms with E-state index in [1.165, 1.54) is 0 Å². The summed E-state index contributed by atoms with van der Waals surface area (Å²) in [6.45, 7) is 5.38. The number of fused-ring (bicyclic) bond motifs is 1. The molecule has 0 saturated heterocycles. The lowest BCUT2D eigenvalue weighted by molar-refractivity contribution is 0.0635. The zero-order valence-electron chi connectivity index (χ0n) is 21.3. The van der Waals surface area contributed by atoms with Gasteiger partial charge in [-0.1, -0.05) is 12.1 Å². The molecule has 12 heteroatoms. The number of rotatable bonds is 5. The van der Waals surface area contributed by atoms with Crippen LogP contribution >= 0.6 is 0 Å². The third-order valence-corrected chi connectivity index (χ3v) is 5.19. The molecule has 6 N–H and O–H groups in total. The van der Waals surface area contributed by atoms with Crippen molar-refractivity contribution in [2.45, 2.75) is 26.4 Å². The molecule has 0 spiro atoms. The van der Waals surface area contributed by atoms with Crippen molar-refractivity contribution in [1.29, 1.82) is 0 Å². The van der Waals surface area contributed by atoms with Crippen LogP contribution in [0.2, 0.25) is 0 Å². The van der Waals surface area contributed by atoms with E-state index in [1.807, 2.05) is 12.1 Å². The van der Waals surface area contributed by atoms with Crippen molar-refractivity contribution in [3.05, 3.63) is 66.2 Å². The van der Waals surface area contributed by atoms with E-state index in [0.29, 0.717) is 22.6 Å². The van der Waals surface area contributed by atoms with Gasteiger partial charge in [-0.3, -0.25) is 10.1 Å². The molecule has 0 atom stereocenters. The first-order chi connectivity index (χ1) is 18.0. The Hall–Kier alpha value is -5.13. The highest BCUT2D eigenvalue weighted by atomic mass is 16.6. The maximum atomic E-state index is 12.8. The Bertz CT molecular complexity index is 1510. The second kappa shape index (κ2) is 10.5. The number of nitrogens with two attached hydrogens (primary N) is 1. The van der Waals surface area contributed by atoms with Crippen LogP contribution < -0.4 is 27.0 Å². The zero-order valence-corrected chi connectivity index (χ0v) is 21.3. The van der Waals surface area contributed by atoms with Gasteiger partial charge < -0.3 is 26.4 Å². The SMILES string of the molecule is CNC(=O)c1ccc(Nc2nc(N)n(C(=O)Nc3ccc4cc(NC(=O)OC(C)(C)C)ccc4c3)n2)cc1. The van der Waals surface area contributed by atoms with E-state index in [9.17, 15) is 14.4 Å². The Kier molecular flexibility index (Phi) is 7.15. The molecule has 3 amide bonds. The number of nitrogens with zero attached hydrogens (tertiary/aromatic N) is 3. The number of aromatic nitrogens is 3. The molecular formula is C26H28N8O4. The Morgan fingerprint density at radius 1 is 0.868 bits per heavy atom. The van der Waals surface area contributed by atoms with Crippen molar-refractivity contribution in [3.8, 4) is 0 Å². The van der Waals surface area contributed by atoms with Gasteiger partial charge in [-0.2, -0.15) is 4.98 Å². The van der Waals surface area contributed by atoms with Gasteiger partial charge in [0.05, 0.1) is 0 Å². The highest BCUT2D eigenvalue weighted by molar-refractivity contribution is 5.97. The maximum Gasteiger partial charge on any atom is 0.412 e. The van der Waals surface area contributed by atoms with E-state index in [4.69, 9.17) is 10.5 Å². The number of hydrogen-bond donors (Lipinski definition) is 5. The molecule has 0 unspecified atom stereocenters. The van der Waals surface area contributed by atoms with Gasteiger partial charge in [0.2, 0.25) is 11.9 Å². The average Bonchev–Trinajstić information content (AvgIpc) is 3.22. The van der Waals surface area contributed by atoms with Gasteiger partial charge in [-0.15, -0.1) is 9.78 Å². The standard InChI is InChI=1S/C26H28N8O4/c1-26(2,3)38-25(37)31-20-12-8-16-13-19(11-7-17(16)14-20)30-24(36)34-22(27)32-23(33-34)29-18-9-5-15(6-10-18)21(35)28-4/h5-14H,1-4H3,(H,28,35)(H,30,36)(H,31,37)(H3,27,29,32,33). The fraction of sp³-hybridized carbons (Fsp3) is 0.192. The van der Waals surface area contributed by atoms with E-state index in [2.05, 4.69) is 31.3 Å². The molecular weight excluding hydrogens is 488 g/mol. The number of benzene rings is 3. The third kappa shape index (κ3) is 6.35. The monoisotopic (exact) mass is 516 g/mol. The van der Waals surface area contributed by atoms with Gasteiger partial charge in [0.15, 0.2) is 0 Å². The number of ether oxygens (including phenoxy) is 1. The smallest absolute Gasteiger partial charge is 0.412 e. The molecule has 1 heterocycles. The minimum absolute atomic E-state index is 0.106. The van der Waals surface area contributed by atoms with Gasteiger partial charge in [-0.05, 0) is 80.1 Å². The van der Waals surface area contributed by atoms with Crippen LogP contribution in [-0.2, 0) is 4.74 Å². The largest absolute Gasteiger partial charge is 0.444 e. The summed E-state index contributed by atoms with van der Waals surface area (Å²) in [6, 6.07) is 16.7. The Balaban J connectivity index is 1.42. The van der Waals surface area contributed by atoms with Crippen molar-refractivity contribution in [3.63, 3.8) is 0 Å². The molecule has 12 nitrogen and oxygen atoms in total. The molecule has 0 fully saturated rings. The van der Waals surface area contributed by atoms with E-state index in [-0.39, 0.29) is 17.8 Å². The first-order valence-electron chi connectivity index (χ1n) is 11.7. The highest BCUT2D eigenvalue weighted by Crippen LogP contribution is 2.24. The number of anilines is 5. The normalized spacial score (nSPS) is 11.1. The van der Waals surface area contributed by atoms with Gasteiger partial charge in [-0.25, -0.2) is 9.59 Å². The number of nitrogens with one attached hydrogen (secondary N) is 4. The third-order valence-electron chi connectivity index (χ3n) is 5.19. The molecule has 4 rings (SSSR count). The number of nitrogen functional groups attached to an aromatic ring is 1. The number of amides is 3. The van der Waals surface area contributed by atoms with Gasteiger partial charge in [0.25, 0.3) is 5.91 Å². The van der Waals surface area contributed by atoms with Crippen molar-refractivity contribution in [1.82, 2.24) is 20.1 Å². The number of carbonyl (C=O) groups is 3. The van der Waals surface area contributed by atoms with Gasteiger partial charge in [0, 0.05) is 29.7 Å². The molecule has 0 aliphatic carbocycles. The summed E-state index contributed by atoms with van der Waals surface area (Å²) >= 11 is 0. The topological polar surface area (TPSA) is 165 Å². The fourth-order valence-corrected chi connectivity index (χ4v) is 3.50. The summed E-state index contributed by atoms with van der Waals surface area (Å²) in [7, 11) is 1.55. The van der Waals surface area contributed by atoms with E-state index in [0.717, 1.165) is 15.5 Å². The van der Waals surface area contributed by atoms with Crippen LogP contribution in [0.3, 0.4) is 0 Å². The van der Waals surface area contributed by atoms with Crippen LogP contribution in [0.1, 0.15) is 31.1 Å². The number of hydrogen-bond acceptors (Lipinski definition) is 8. The average molecular weight is 517 g/mol. The Morgan fingerprint density at radius 3 is 2.03 bits per heavy atom. The first-order valence-corrected chi connectivity index (χ1v) is 11.7. The fourth-order valence-electron chi connectivity index (χ4n) is 3.50. The summed E-state index contributed by atoms with van der Waals surface area (Å²) in [4.78, 5) is 40.6. The second-order valence-corrected chi connectivity index (χ2v) is 9.32. The van der Waals surface area contributed by atoms with Crippen LogP contribution in [0.25, 0.3) is 10.8 Å². The quantitative estimate of drug-likeness (QED) is 0.258. The molecule has 0 aliphatic heterocycles. The molecule has 1 aromatic heterocycles. The lowest BCUT2D eigenvalue weighted by Gasteiger charge is -2.19. The highest BCUT2D eigenvalue weighted by Gasteiger charge is 2.17. The van der Waals surface area contributed by atoms with Crippen LogP contribution in [0.5, 0.6) is 0 Å². The summed E-state index contributed by atoms with van der Waals surface area (Å²) < 4.78 is 6.22. The summed E-state index contributed by atoms with van der Waals surface area (Å²) in [6.07, 6.45) is -0.541. The van der Waals surface area contributed by atoms with Gasteiger partial charge >= 0.3 is 12.1 Å². The van der Waals surface area contributed by atoms with E-state index in [1.54, 1.807) is 76.3 Å². The molecule has 0 aliphatic rings. The molecule has 38 heavy (non-hydrogen) atoms. The van der Waals surface area contributed by atoms with Crippen LogP contribution in [-0.4, -0.2) is 45.4 Å². The van der Waals surface area contributed by atoms with Crippen molar-refractivity contribution in [2.75, 3.05) is 28.7 Å². The minimum atomic E-state index is -0.599. The van der Waals surface area contributed by atoms with Crippen LogP contribution in [0, 0.1) is 0 Å². The Labute approximate surface area is 218 Å². The van der Waals surface area contributed by atoms with Crippen molar-refractivity contribution in [2.24, 2.45) is 0 Å². The second-order valence-electron chi connectivity index (χ2n) is 9.32. The summed E-state index contributed by atoms with van der Waals surface area (Å²) in [5.74, 6) is -0.189. The predicted octanol–water partition coefficient (Wildman–Crippen LogP) is 4.54. The van der Waals surface area contributed by atoms with E-state index >= 15 is 0 Å². The lowest BCUT2D eigenvalue weighted by atomic mass is 10.1. The minimum Gasteiger partial charge on any atom is -0.444 e. The molecule has 0 bridgehead atoms. The maximum absolute atomic E-state index is 12.8. The van der Waals surface area contributed by atoms with Crippen LogP contribution in [0.15, 0.2) is 60.7 Å². The van der Waals surface area contributed by atoms with Crippen LogP contribution in [0.4, 0.5) is 38.5 Å². The molecule has 4 aromatic rings. The van der Waals surface area contributed by atoms with E-state index < -0.39 is 17.7 Å². The molecule has 3 aromatic carbocycles. The molecule has 0 saturated carbocycles. The lowest BCUT2D eigenvalue weighted by Crippen LogP contribution is -2.27. The molecule has 196 valence electrons. The van der Waals surface area contributed by atoms with Crippen molar-refractivity contribution < 1.29 is 19.1 Å². The zero-order chi connectivity index (χ0) is 27.4. The number of carbonyl (C=O) groups excluding carboxylic acids is 3. The molecule has 0 radical (unpaired) electrons. The Morgan fingerprint density at radius 2 is 1.45 bits per heavy atom. The van der Waals surface area contributed by atoms with Gasteiger partial charge in [0.1, 0.15) is 5.60 Å².